The second-order valence-electron chi connectivity index (χ2n) is 3.84. The summed E-state index contributed by atoms with van der Waals surface area (Å²) in [7, 11) is 1.64. The summed E-state index contributed by atoms with van der Waals surface area (Å²) in [6, 6.07) is 0. The second-order valence-corrected chi connectivity index (χ2v) is 3.84. The summed E-state index contributed by atoms with van der Waals surface area (Å²) in [6.45, 7) is 9.06. The molecule has 0 rings (SSSR count). The molecular formula is C10H20O3. The van der Waals surface area contributed by atoms with Crippen LogP contribution in [0.4, 0.5) is 0 Å². The van der Waals surface area contributed by atoms with Crippen LogP contribution in [0.5, 0.6) is 0 Å². The largest absolute Gasteiger partial charge is 0.376 e. The summed E-state index contributed by atoms with van der Waals surface area (Å²) in [5.74, 6) is 0.0405. The van der Waals surface area contributed by atoms with E-state index in [-0.39, 0.29) is 23.6 Å². The number of hydrogen-bond acceptors (Lipinski definition) is 3. The smallest absolute Gasteiger partial charge is 0.158 e. The molecule has 13 heavy (non-hydrogen) atoms. The number of rotatable bonds is 5. The molecule has 0 amide bonds. The molecule has 0 aliphatic heterocycles. The molecule has 0 aliphatic rings. The molecule has 0 fully saturated rings. The van der Waals surface area contributed by atoms with Gasteiger partial charge in [-0.15, -0.1) is 0 Å². The first-order valence-electron chi connectivity index (χ1n) is 4.52. The van der Waals surface area contributed by atoms with Crippen molar-refractivity contribution in [2.75, 3.05) is 7.11 Å². The number of ether oxygens (including phenoxy) is 2. The van der Waals surface area contributed by atoms with Gasteiger partial charge in [-0.1, -0.05) is 0 Å². The Balaban J connectivity index is 4.14. The highest BCUT2D eigenvalue weighted by atomic mass is 16.5. The van der Waals surface area contributed by atoms with Gasteiger partial charge in [-0.05, 0) is 34.6 Å². The van der Waals surface area contributed by atoms with Crippen molar-refractivity contribution < 1.29 is 14.3 Å². The lowest BCUT2D eigenvalue weighted by atomic mass is 10.0. The normalized spacial score (nSPS) is 16.8. The molecule has 0 saturated carbocycles. The van der Waals surface area contributed by atoms with E-state index in [0.29, 0.717) is 0 Å². The first-order valence-corrected chi connectivity index (χ1v) is 4.52. The summed E-state index contributed by atoms with van der Waals surface area (Å²) in [5.41, 5.74) is -0.357. The number of hydrogen-bond donors (Lipinski definition) is 0. The molecule has 0 spiro atoms. The van der Waals surface area contributed by atoms with Gasteiger partial charge in [0, 0.05) is 7.11 Å². The van der Waals surface area contributed by atoms with E-state index in [2.05, 4.69) is 0 Å². The van der Waals surface area contributed by atoms with E-state index in [4.69, 9.17) is 9.47 Å². The first-order chi connectivity index (χ1) is 5.81. The molecule has 0 radical (unpaired) electrons. The zero-order chi connectivity index (χ0) is 10.6. The Bertz CT molecular complexity index is 175. The van der Waals surface area contributed by atoms with Crippen LogP contribution >= 0.6 is 0 Å². The fourth-order valence-electron chi connectivity index (χ4n) is 0.732. The Labute approximate surface area is 80.4 Å². The number of carbonyl (C=O) groups excluding carboxylic acids is 1. The van der Waals surface area contributed by atoms with Crippen molar-refractivity contribution >= 4 is 5.78 Å². The Morgan fingerprint density at radius 2 is 1.77 bits per heavy atom. The highest BCUT2D eigenvalue weighted by Gasteiger charge is 2.28. The Morgan fingerprint density at radius 3 is 2.08 bits per heavy atom. The van der Waals surface area contributed by atoms with Crippen LogP contribution in [0.3, 0.4) is 0 Å². The van der Waals surface area contributed by atoms with Gasteiger partial charge >= 0.3 is 0 Å². The fraction of sp³-hybridized carbons (Fsp3) is 0.900. The van der Waals surface area contributed by atoms with Gasteiger partial charge in [-0.3, -0.25) is 4.79 Å². The van der Waals surface area contributed by atoms with Gasteiger partial charge in [0.2, 0.25) is 0 Å². The highest BCUT2D eigenvalue weighted by Crippen LogP contribution is 2.17. The van der Waals surface area contributed by atoms with Crippen LogP contribution in [-0.4, -0.2) is 30.7 Å². The molecule has 0 aromatic heterocycles. The average Bonchev–Trinajstić information content (AvgIpc) is 2.04. The SMILES string of the molecule is COC(C)(C)C(C)OC(C)C(C)=O. The van der Waals surface area contributed by atoms with Crippen LogP contribution in [0.25, 0.3) is 0 Å². The first kappa shape index (κ1) is 12.6. The minimum atomic E-state index is -0.357. The number of carbonyl (C=O) groups is 1. The van der Waals surface area contributed by atoms with Crippen molar-refractivity contribution in [1.29, 1.82) is 0 Å². The number of ketones is 1. The lowest BCUT2D eigenvalue weighted by Crippen LogP contribution is -2.41. The molecule has 0 saturated heterocycles. The van der Waals surface area contributed by atoms with Crippen LogP contribution in [0.2, 0.25) is 0 Å². The average molecular weight is 188 g/mol. The molecule has 3 nitrogen and oxygen atoms in total. The summed E-state index contributed by atoms with van der Waals surface area (Å²) < 4.78 is 10.7. The molecule has 0 bridgehead atoms. The quantitative estimate of drug-likeness (QED) is 0.660. The maximum absolute atomic E-state index is 10.9. The number of methoxy groups -OCH3 is 1. The zero-order valence-corrected chi connectivity index (χ0v) is 9.38. The third kappa shape index (κ3) is 3.87. The topological polar surface area (TPSA) is 35.5 Å². The molecule has 2 atom stereocenters. The Hall–Kier alpha value is -0.410. The third-order valence-corrected chi connectivity index (χ3v) is 2.49. The summed E-state index contributed by atoms with van der Waals surface area (Å²) in [6.07, 6.45) is -0.458. The Morgan fingerprint density at radius 1 is 1.31 bits per heavy atom. The van der Waals surface area contributed by atoms with Gasteiger partial charge in [0.15, 0.2) is 5.78 Å². The van der Waals surface area contributed by atoms with Gasteiger partial charge in [-0.2, -0.15) is 0 Å². The lowest BCUT2D eigenvalue weighted by Gasteiger charge is -2.31. The molecule has 0 heterocycles. The molecule has 3 heteroatoms. The van der Waals surface area contributed by atoms with Crippen molar-refractivity contribution in [1.82, 2.24) is 0 Å². The van der Waals surface area contributed by atoms with Crippen LogP contribution in [-0.2, 0) is 14.3 Å². The maximum atomic E-state index is 10.9. The van der Waals surface area contributed by atoms with Crippen LogP contribution in [0.15, 0.2) is 0 Å². The van der Waals surface area contributed by atoms with E-state index in [1.807, 2.05) is 20.8 Å². The molecule has 0 aliphatic carbocycles. The third-order valence-electron chi connectivity index (χ3n) is 2.49. The number of Topliss-reactive ketones (excluding diaryl/α,β-unsaturated/α-hetero) is 1. The van der Waals surface area contributed by atoms with Gasteiger partial charge in [0.25, 0.3) is 0 Å². The predicted molar refractivity (Wildman–Crippen MR) is 51.8 cm³/mol. The van der Waals surface area contributed by atoms with Gasteiger partial charge in [0.05, 0.1) is 11.7 Å². The van der Waals surface area contributed by atoms with Crippen molar-refractivity contribution in [2.24, 2.45) is 0 Å². The summed E-state index contributed by atoms with van der Waals surface area (Å²) >= 11 is 0. The standard InChI is InChI=1S/C10H20O3/c1-7(11)8(2)13-9(3)10(4,5)12-6/h8-9H,1-6H3. The summed E-state index contributed by atoms with van der Waals surface area (Å²) in [4.78, 5) is 10.9. The minimum absolute atomic E-state index is 0.0405. The maximum Gasteiger partial charge on any atom is 0.158 e. The van der Waals surface area contributed by atoms with Crippen molar-refractivity contribution in [3.8, 4) is 0 Å². The van der Waals surface area contributed by atoms with Crippen molar-refractivity contribution in [3.63, 3.8) is 0 Å². The zero-order valence-electron chi connectivity index (χ0n) is 9.38. The molecule has 2 unspecified atom stereocenters. The Kier molecular flexibility index (Phi) is 4.57. The van der Waals surface area contributed by atoms with E-state index < -0.39 is 0 Å². The van der Waals surface area contributed by atoms with E-state index in [1.165, 1.54) is 6.92 Å². The van der Waals surface area contributed by atoms with E-state index in [1.54, 1.807) is 14.0 Å². The van der Waals surface area contributed by atoms with Crippen molar-refractivity contribution in [2.45, 2.75) is 52.4 Å². The highest BCUT2D eigenvalue weighted by molar-refractivity contribution is 5.79. The molecule has 0 aromatic carbocycles. The molecule has 0 N–H and O–H groups in total. The monoisotopic (exact) mass is 188 g/mol. The van der Waals surface area contributed by atoms with Crippen LogP contribution in [0, 0.1) is 0 Å². The van der Waals surface area contributed by atoms with Crippen molar-refractivity contribution in [3.05, 3.63) is 0 Å². The van der Waals surface area contributed by atoms with E-state index in [9.17, 15) is 4.79 Å². The molecule has 78 valence electrons. The molecular weight excluding hydrogens is 168 g/mol. The predicted octanol–water partition coefficient (Wildman–Crippen LogP) is 1.79. The van der Waals surface area contributed by atoms with Crippen LogP contribution < -0.4 is 0 Å². The fourth-order valence-corrected chi connectivity index (χ4v) is 0.732. The van der Waals surface area contributed by atoms with Gasteiger partial charge in [-0.25, -0.2) is 0 Å². The lowest BCUT2D eigenvalue weighted by molar-refractivity contribution is -0.146. The van der Waals surface area contributed by atoms with E-state index in [0.717, 1.165) is 0 Å². The van der Waals surface area contributed by atoms with Gasteiger partial charge < -0.3 is 9.47 Å². The summed E-state index contributed by atoms with van der Waals surface area (Å²) in [5, 5.41) is 0. The van der Waals surface area contributed by atoms with Crippen LogP contribution in [0.1, 0.15) is 34.6 Å². The molecule has 0 aromatic rings. The second kappa shape index (κ2) is 4.72. The van der Waals surface area contributed by atoms with Gasteiger partial charge in [0.1, 0.15) is 6.10 Å². The minimum Gasteiger partial charge on any atom is -0.376 e. The van der Waals surface area contributed by atoms with E-state index >= 15 is 0 Å².